The van der Waals surface area contributed by atoms with E-state index >= 15 is 0 Å². The maximum absolute atomic E-state index is 6.12. The number of thiazole rings is 1. The second-order valence-corrected chi connectivity index (χ2v) is 7.24. The molecule has 0 bridgehead atoms. The van der Waals surface area contributed by atoms with Gasteiger partial charge < -0.3 is 10.1 Å². The molecule has 1 aromatic carbocycles. The summed E-state index contributed by atoms with van der Waals surface area (Å²) in [6, 6.07) is 5.96. The van der Waals surface area contributed by atoms with Gasteiger partial charge in [-0.15, -0.1) is 11.3 Å². The number of aryl methyl sites for hydroxylation is 1. The Morgan fingerprint density at radius 2 is 2.09 bits per heavy atom. The zero-order chi connectivity index (χ0) is 16.4. The number of hydrogen-bond acceptors (Lipinski definition) is 5. The van der Waals surface area contributed by atoms with Gasteiger partial charge in [0, 0.05) is 29.3 Å². The lowest BCUT2D eigenvalue weighted by Gasteiger charge is -2.12. The van der Waals surface area contributed by atoms with Gasteiger partial charge in [-0.05, 0) is 36.2 Å². The summed E-state index contributed by atoms with van der Waals surface area (Å²) in [4.78, 5) is 9.54. The lowest BCUT2D eigenvalue weighted by Crippen LogP contribution is -2.01. The minimum atomic E-state index is 0.466. The monoisotopic (exact) mass is 367 g/mol. The lowest BCUT2D eigenvalue weighted by atomic mass is 10.1. The number of hydrogen-bond donors (Lipinski definition) is 1. The van der Waals surface area contributed by atoms with Crippen LogP contribution in [-0.2, 0) is 17.9 Å². The van der Waals surface area contributed by atoms with E-state index in [2.05, 4.69) is 28.3 Å². The predicted molar refractivity (Wildman–Crippen MR) is 96.7 cm³/mol. The van der Waals surface area contributed by atoms with Crippen molar-refractivity contribution >= 4 is 51.1 Å². The van der Waals surface area contributed by atoms with Crippen LogP contribution in [-0.4, -0.2) is 17.1 Å². The Bertz CT molecular complexity index is 851. The fourth-order valence-electron chi connectivity index (χ4n) is 2.43. The Balaban J connectivity index is 1.93. The molecule has 0 aliphatic heterocycles. The van der Waals surface area contributed by atoms with E-state index in [-0.39, 0.29) is 0 Å². The molecule has 2 heterocycles. The van der Waals surface area contributed by atoms with Crippen molar-refractivity contribution in [3.63, 3.8) is 0 Å². The highest BCUT2D eigenvalue weighted by Gasteiger charge is 2.09. The molecule has 0 aliphatic rings. The number of pyridine rings is 1. The number of nitrogens with one attached hydrogen (secondary N) is 1. The average Bonchev–Trinajstić information content (AvgIpc) is 2.92. The summed E-state index contributed by atoms with van der Waals surface area (Å²) in [6.07, 6.45) is 1.78. The van der Waals surface area contributed by atoms with E-state index in [1.807, 2.05) is 12.1 Å². The third-order valence-corrected chi connectivity index (χ3v) is 4.80. The first-order chi connectivity index (χ1) is 11.1. The summed E-state index contributed by atoms with van der Waals surface area (Å²) in [5, 5.41) is 4.93. The number of benzene rings is 1. The molecule has 0 unspecified atom stereocenters. The molecular formula is C16H15Cl2N3OS. The van der Waals surface area contributed by atoms with Gasteiger partial charge in [0.05, 0.1) is 18.7 Å². The highest BCUT2D eigenvalue weighted by molar-refractivity contribution is 7.15. The van der Waals surface area contributed by atoms with Crippen LogP contribution in [0.15, 0.2) is 24.4 Å². The smallest absolute Gasteiger partial charge is 0.183 e. The second-order valence-electron chi connectivity index (χ2n) is 5.15. The van der Waals surface area contributed by atoms with Gasteiger partial charge in [-0.1, -0.05) is 23.2 Å². The number of nitrogens with zero attached hydrogens (tertiary/aromatic N) is 2. The number of rotatable bonds is 5. The molecule has 120 valence electrons. The first kappa shape index (κ1) is 16.5. The van der Waals surface area contributed by atoms with Gasteiger partial charge in [0.15, 0.2) is 4.47 Å². The fraction of sp³-hybridized carbons (Fsp3) is 0.250. The quantitative estimate of drug-likeness (QED) is 0.639. The number of halogens is 2. The molecule has 1 N–H and O–H groups in total. The number of ether oxygens (including phenoxy) is 1. The van der Waals surface area contributed by atoms with Gasteiger partial charge in [0.1, 0.15) is 5.15 Å². The van der Waals surface area contributed by atoms with E-state index in [1.165, 1.54) is 11.3 Å². The Kier molecular flexibility index (Phi) is 5.02. The molecular weight excluding hydrogens is 353 g/mol. The SMILES string of the molecule is COCc1cc(Cl)nc2cc(NCc3cnc(Cl)s3)c(C)cc12. The third-order valence-electron chi connectivity index (χ3n) is 3.49. The average molecular weight is 368 g/mol. The largest absolute Gasteiger partial charge is 0.380 e. The van der Waals surface area contributed by atoms with Crippen molar-refractivity contribution in [2.24, 2.45) is 0 Å². The van der Waals surface area contributed by atoms with E-state index in [9.17, 15) is 0 Å². The Morgan fingerprint density at radius 3 is 2.78 bits per heavy atom. The molecule has 0 saturated heterocycles. The van der Waals surface area contributed by atoms with Crippen LogP contribution < -0.4 is 5.32 Å². The van der Waals surface area contributed by atoms with Gasteiger partial charge in [0.25, 0.3) is 0 Å². The van der Waals surface area contributed by atoms with Crippen molar-refractivity contribution < 1.29 is 4.74 Å². The first-order valence-electron chi connectivity index (χ1n) is 6.99. The molecule has 0 radical (unpaired) electrons. The third kappa shape index (κ3) is 3.75. The predicted octanol–water partition coefficient (Wildman–Crippen LogP) is 5.07. The van der Waals surface area contributed by atoms with Crippen LogP contribution in [0.2, 0.25) is 9.62 Å². The topological polar surface area (TPSA) is 47.0 Å². The summed E-state index contributed by atoms with van der Waals surface area (Å²) in [5.41, 5.74) is 4.03. The van der Waals surface area contributed by atoms with Crippen LogP contribution in [0.4, 0.5) is 5.69 Å². The maximum atomic E-state index is 6.12. The number of fused-ring (bicyclic) bond motifs is 1. The van der Waals surface area contributed by atoms with Crippen LogP contribution in [0, 0.1) is 6.92 Å². The molecule has 4 nitrogen and oxygen atoms in total. The van der Waals surface area contributed by atoms with E-state index < -0.39 is 0 Å². The van der Waals surface area contributed by atoms with E-state index in [0.29, 0.717) is 22.8 Å². The molecule has 0 saturated carbocycles. The second kappa shape index (κ2) is 7.01. The number of methoxy groups -OCH3 is 1. The molecule has 23 heavy (non-hydrogen) atoms. The molecule has 3 rings (SSSR count). The molecule has 2 aromatic heterocycles. The molecule has 0 aliphatic carbocycles. The Morgan fingerprint density at radius 1 is 1.26 bits per heavy atom. The standard InChI is InChI=1S/C16H15Cl2N3OS/c1-9-3-12-10(8-22-2)4-15(17)21-14(12)5-13(9)19-6-11-7-20-16(18)23-11/h3-5,7,19H,6,8H2,1-2H3. The van der Waals surface area contributed by atoms with Crippen LogP contribution in [0.1, 0.15) is 16.0 Å². The summed E-state index contributed by atoms with van der Waals surface area (Å²) < 4.78 is 5.80. The summed E-state index contributed by atoms with van der Waals surface area (Å²) in [5.74, 6) is 0. The van der Waals surface area contributed by atoms with Crippen molar-refractivity contribution in [2.45, 2.75) is 20.1 Å². The maximum Gasteiger partial charge on any atom is 0.183 e. The van der Waals surface area contributed by atoms with Gasteiger partial charge in [0.2, 0.25) is 0 Å². The van der Waals surface area contributed by atoms with Crippen LogP contribution in [0.3, 0.4) is 0 Å². The van der Waals surface area contributed by atoms with E-state index in [0.717, 1.165) is 32.6 Å². The highest BCUT2D eigenvalue weighted by Crippen LogP contribution is 2.28. The molecule has 0 atom stereocenters. The minimum absolute atomic E-state index is 0.466. The van der Waals surface area contributed by atoms with Crippen LogP contribution in [0.25, 0.3) is 10.9 Å². The van der Waals surface area contributed by atoms with Crippen molar-refractivity contribution in [3.8, 4) is 0 Å². The molecule has 0 amide bonds. The van der Waals surface area contributed by atoms with E-state index in [1.54, 1.807) is 13.3 Å². The summed E-state index contributed by atoms with van der Waals surface area (Å²) in [6.45, 7) is 3.24. The fourth-order valence-corrected chi connectivity index (χ4v) is 3.57. The van der Waals surface area contributed by atoms with Crippen molar-refractivity contribution in [1.29, 1.82) is 0 Å². The van der Waals surface area contributed by atoms with Crippen LogP contribution >= 0.6 is 34.5 Å². The van der Waals surface area contributed by atoms with Gasteiger partial charge in [-0.2, -0.15) is 0 Å². The Labute approximate surface area is 148 Å². The van der Waals surface area contributed by atoms with Gasteiger partial charge in [-0.25, -0.2) is 9.97 Å². The van der Waals surface area contributed by atoms with Gasteiger partial charge >= 0.3 is 0 Å². The van der Waals surface area contributed by atoms with Crippen molar-refractivity contribution in [1.82, 2.24) is 9.97 Å². The molecule has 3 aromatic rings. The lowest BCUT2D eigenvalue weighted by molar-refractivity contribution is 0.186. The normalized spacial score (nSPS) is 11.1. The summed E-state index contributed by atoms with van der Waals surface area (Å²) in [7, 11) is 1.67. The molecule has 7 heteroatoms. The Hall–Kier alpha value is -1.40. The van der Waals surface area contributed by atoms with Crippen molar-refractivity contribution in [3.05, 3.63) is 50.0 Å². The van der Waals surface area contributed by atoms with Gasteiger partial charge in [-0.3, -0.25) is 0 Å². The highest BCUT2D eigenvalue weighted by atomic mass is 35.5. The van der Waals surface area contributed by atoms with Crippen LogP contribution in [0.5, 0.6) is 0 Å². The van der Waals surface area contributed by atoms with E-state index in [4.69, 9.17) is 27.9 Å². The molecule has 0 fully saturated rings. The number of anilines is 1. The first-order valence-corrected chi connectivity index (χ1v) is 8.57. The summed E-state index contributed by atoms with van der Waals surface area (Å²) >= 11 is 13.4. The zero-order valence-corrected chi connectivity index (χ0v) is 15.0. The molecule has 0 spiro atoms. The minimum Gasteiger partial charge on any atom is -0.380 e. The number of aromatic nitrogens is 2. The zero-order valence-electron chi connectivity index (χ0n) is 12.7. The van der Waals surface area contributed by atoms with Crippen molar-refractivity contribution in [2.75, 3.05) is 12.4 Å².